The number of aromatic carboxylic acids is 1. The van der Waals surface area contributed by atoms with Crippen molar-refractivity contribution < 1.29 is 14.6 Å². The van der Waals surface area contributed by atoms with Gasteiger partial charge in [-0.1, -0.05) is 6.07 Å². The van der Waals surface area contributed by atoms with Crippen molar-refractivity contribution in [3.8, 4) is 5.75 Å². The van der Waals surface area contributed by atoms with Gasteiger partial charge >= 0.3 is 5.97 Å². The lowest BCUT2D eigenvalue weighted by Gasteiger charge is -2.07. The minimum atomic E-state index is -0.995. The van der Waals surface area contributed by atoms with Crippen LogP contribution in [0.25, 0.3) is 0 Å². The molecule has 1 N–H and O–H groups in total. The van der Waals surface area contributed by atoms with Gasteiger partial charge in [-0.25, -0.2) is 9.78 Å². The molecule has 2 aromatic rings. The Hall–Kier alpha value is -2.08. The molecule has 0 bridgehead atoms. The molecule has 1 heterocycles. The van der Waals surface area contributed by atoms with Gasteiger partial charge in [0.15, 0.2) is 0 Å². The standard InChI is InChI=1S/C13H12N2O3S/c1-18-11-6-9(2-3-10(11)13(16)17)8-19-12-7-14-4-5-15-12/h2-7H,8H2,1H3,(H,16,17). The highest BCUT2D eigenvalue weighted by Gasteiger charge is 2.11. The van der Waals surface area contributed by atoms with Crippen molar-refractivity contribution in [2.45, 2.75) is 10.8 Å². The van der Waals surface area contributed by atoms with E-state index in [-0.39, 0.29) is 5.56 Å². The molecule has 5 nitrogen and oxygen atoms in total. The molecular weight excluding hydrogens is 264 g/mol. The Balaban J connectivity index is 2.11. The summed E-state index contributed by atoms with van der Waals surface area (Å²) in [6.07, 6.45) is 4.94. The first-order valence-electron chi connectivity index (χ1n) is 5.49. The Bertz CT molecular complexity index is 575. The molecule has 0 saturated heterocycles. The summed E-state index contributed by atoms with van der Waals surface area (Å²) >= 11 is 1.53. The van der Waals surface area contributed by atoms with Gasteiger partial charge in [0, 0.05) is 18.1 Å². The average molecular weight is 276 g/mol. The summed E-state index contributed by atoms with van der Waals surface area (Å²) in [5.74, 6) is 0.0457. The second kappa shape index (κ2) is 6.19. The van der Waals surface area contributed by atoms with Crippen LogP contribution >= 0.6 is 11.8 Å². The lowest BCUT2D eigenvalue weighted by molar-refractivity contribution is 0.0693. The highest BCUT2D eigenvalue weighted by molar-refractivity contribution is 7.98. The molecule has 0 spiro atoms. The maximum absolute atomic E-state index is 11.0. The molecule has 0 unspecified atom stereocenters. The maximum Gasteiger partial charge on any atom is 0.339 e. The fourth-order valence-corrected chi connectivity index (χ4v) is 2.28. The molecule has 0 aliphatic rings. The predicted molar refractivity (Wildman–Crippen MR) is 71.5 cm³/mol. The van der Waals surface area contributed by atoms with E-state index in [9.17, 15) is 4.79 Å². The Morgan fingerprint density at radius 1 is 1.42 bits per heavy atom. The van der Waals surface area contributed by atoms with Crippen LogP contribution in [0, 0.1) is 0 Å². The first-order chi connectivity index (χ1) is 9.20. The Morgan fingerprint density at radius 3 is 2.89 bits per heavy atom. The summed E-state index contributed by atoms with van der Waals surface area (Å²) in [7, 11) is 1.46. The van der Waals surface area contributed by atoms with Crippen molar-refractivity contribution in [1.82, 2.24) is 9.97 Å². The third-order valence-corrected chi connectivity index (χ3v) is 3.41. The van der Waals surface area contributed by atoms with E-state index in [4.69, 9.17) is 9.84 Å². The van der Waals surface area contributed by atoms with E-state index in [1.807, 2.05) is 0 Å². The van der Waals surface area contributed by atoms with E-state index in [1.54, 1.807) is 36.8 Å². The molecule has 0 atom stereocenters. The number of nitrogens with zero attached hydrogens (tertiary/aromatic N) is 2. The number of aromatic nitrogens is 2. The van der Waals surface area contributed by atoms with Gasteiger partial charge in [0.2, 0.25) is 0 Å². The quantitative estimate of drug-likeness (QED) is 0.846. The molecular formula is C13H12N2O3S. The third kappa shape index (κ3) is 3.45. The first-order valence-corrected chi connectivity index (χ1v) is 6.48. The number of carboxylic acids is 1. The summed E-state index contributed by atoms with van der Waals surface area (Å²) < 4.78 is 5.08. The zero-order valence-electron chi connectivity index (χ0n) is 10.2. The number of methoxy groups -OCH3 is 1. The minimum Gasteiger partial charge on any atom is -0.496 e. The van der Waals surface area contributed by atoms with Crippen LogP contribution in [-0.4, -0.2) is 28.2 Å². The zero-order valence-corrected chi connectivity index (χ0v) is 11.1. The summed E-state index contributed by atoms with van der Waals surface area (Å²) in [5, 5.41) is 9.82. The van der Waals surface area contributed by atoms with Crippen molar-refractivity contribution in [2.24, 2.45) is 0 Å². The Labute approximate surface area is 114 Å². The number of carboxylic acid groups (broad SMARTS) is 1. The van der Waals surface area contributed by atoms with Crippen molar-refractivity contribution in [3.63, 3.8) is 0 Å². The van der Waals surface area contributed by atoms with E-state index >= 15 is 0 Å². The minimum absolute atomic E-state index is 0.163. The fraction of sp³-hybridized carbons (Fsp3) is 0.154. The van der Waals surface area contributed by atoms with E-state index in [2.05, 4.69) is 9.97 Å². The zero-order chi connectivity index (χ0) is 13.7. The molecule has 0 saturated carbocycles. The van der Waals surface area contributed by atoms with Crippen LogP contribution in [0.4, 0.5) is 0 Å². The number of ether oxygens (including phenoxy) is 1. The van der Waals surface area contributed by atoms with Gasteiger partial charge < -0.3 is 9.84 Å². The smallest absolute Gasteiger partial charge is 0.339 e. The van der Waals surface area contributed by atoms with Crippen LogP contribution in [0.5, 0.6) is 5.75 Å². The first kappa shape index (κ1) is 13.4. The molecule has 0 aliphatic heterocycles. The van der Waals surface area contributed by atoms with E-state index in [0.717, 1.165) is 10.6 Å². The molecule has 98 valence electrons. The molecule has 2 rings (SSSR count). The second-order valence-corrected chi connectivity index (χ2v) is 4.67. The van der Waals surface area contributed by atoms with Crippen molar-refractivity contribution >= 4 is 17.7 Å². The summed E-state index contributed by atoms with van der Waals surface area (Å²) in [6.45, 7) is 0. The van der Waals surface area contributed by atoms with Crippen molar-refractivity contribution in [2.75, 3.05) is 7.11 Å². The predicted octanol–water partition coefficient (Wildman–Crippen LogP) is 2.48. The Morgan fingerprint density at radius 2 is 2.26 bits per heavy atom. The van der Waals surface area contributed by atoms with Crippen LogP contribution < -0.4 is 4.74 Å². The Kier molecular flexibility index (Phi) is 4.35. The van der Waals surface area contributed by atoms with Gasteiger partial charge in [-0.05, 0) is 17.7 Å². The lowest BCUT2D eigenvalue weighted by Crippen LogP contribution is -2.01. The van der Waals surface area contributed by atoms with Gasteiger partial charge in [0.25, 0.3) is 0 Å². The van der Waals surface area contributed by atoms with E-state index in [0.29, 0.717) is 11.5 Å². The SMILES string of the molecule is COc1cc(CSc2cnccn2)ccc1C(=O)O. The molecule has 0 radical (unpaired) electrons. The summed E-state index contributed by atoms with van der Waals surface area (Å²) in [5.41, 5.74) is 1.13. The largest absolute Gasteiger partial charge is 0.496 e. The van der Waals surface area contributed by atoms with Crippen LogP contribution in [0.2, 0.25) is 0 Å². The number of thioether (sulfide) groups is 1. The summed E-state index contributed by atoms with van der Waals surface area (Å²) in [4.78, 5) is 19.1. The number of hydrogen-bond acceptors (Lipinski definition) is 5. The van der Waals surface area contributed by atoms with E-state index in [1.165, 1.54) is 18.9 Å². The highest BCUT2D eigenvalue weighted by Crippen LogP contribution is 2.25. The molecule has 6 heteroatoms. The molecule has 0 aliphatic carbocycles. The second-order valence-electron chi connectivity index (χ2n) is 3.67. The van der Waals surface area contributed by atoms with E-state index < -0.39 is 5.97 Å². The third-order valence-electron chi connectivity index (χ3n) is 2.42. The number of carbonyl (C=O) groups is 1. The van der Waals surface area contributed by atoms with Gasteiger partial charge in [-0.3, -0.25) is 4.98 Å². The van der Waals surface area contributed by atoms with Gasteiger partial charge in [0.1, 0.15) is 16.3 Å². The fourth-order valence-electron chi connectivity index (χ4n) is 1.52. The number of hydrogen-bond donors (Lipinski definition) is 1. The molecule has 1 aromatic carbocycles. The van der Waals surface area contributed by atoms with Crippen LogP contribution in [0.1, 0.15) is 15.9 Å². The van der Waals surface area contributed by atoms with Gasteiger partial charge in [-0.2, -0.15) is 0 Å². The lowest BCUT2D eigenvalue weighted by atomic mass is 10.1. The summed E-state index contributed by atoms with van der Waals surface area (Å²) in [6, 6.07) is 5.05. The molecule has 0 fully saturated rings. The van der Waals surface area contributed by atoms with Crippen LogP contribution in [0.15, 0.2) is 41.8 Å². The molecule has 0 amide bonds. The number of rotatable bonds is 5. The highest BCUT2D eigenvalue weighted by atomic mass is 32.2. The van der Waals surface area contributed by atoms with Gasteiger partial charge in [0.05, 0.1) is 13.3 Å². The maximum atomic E-state index is 11.0. The monoisotopic (exact) mass is 276 g/mol. The molecule has 19 heavy (non-hydrogen) atoms. The van der Waals surface area contributed by atoms with Crippen LogP contribution in [-0.2, 0) is 5.75 Å². The molecule has 1 aromatic heterocycles. The normalized spacial score (nSPS) is 10.2. The average Bonchev–Trinajstić information content (AvgIpc) is 2.45. The number of benzene rings is 1. The topological polar surface area (TPSA) is 72.3 Å². The van der Waals surface area contributed by atoms with Gasteiger partial charge in [-0.15, -0.1) is 11.8 Å². The van der Waals surface area contributed by atoms with Crippen molar-refractivity contribution in [3.05, 3.63) is 47.9 Å². The van der Waals surface area contributed by atoms with Crippen LogP contribution in [0.3, 0.4) is 0 Å². The van der Waals surface area contributed by atoms with Crippen molar-refractivity contribution in [1.29, 1.82) is 0 Å².